The first-order valence-corrected chi connectivity index (χ1v) is 8.14. The molecule has 7 nitrogen and oxygen atoms in total. The van der Waals surface area contributed by atoms with E-state index in [9.17, 15) is 23.1 Å². The Balaban J connectivity index is 3.24. The summed E-state index contributed by atoms with van der Waals surface area (Å²) >= 11 is 0. The SMILES string of the molecule is CC(C)(C)OC(=O)C(C(=O)O)C(N)(C1CC1)S(C)(=O)=O. The van der Waals surface area contributed by atoms with E-state index >= 15 is 0 Å². The molecule has 0 aromatic heterocycles. The highest BCUT2D eigenvalue weighted by molar-refractivity contribution is 7.92. The molecule has 20 heavy (non-hydrogen) atoms. The third kappa shape index (κ3) is 3.29. The maximum atomic E-state index is 12.1. The molecule has 0 aromatic carbocycles. The lowest BCUT2D eigenvalue weighted by atomic mass is 9.95. The van der Waals surface area contributed by atoms with Crippen molar-refractivity contribution in [2.45, 2.75) is 44.1 Å². The normalized spacial score (nSPS) is 20.9. The van der Waals surface area contributed by atoms with E-state index in [1.165, 1.54) is 0 Å². The fraction of sp³-hybridized carbons (Fsp3) is 0.833. The van der Waals surface area contributed by atoms with Gasteiger partial charge < -0.3 is 15.6 Å². The van der Waals surface area contributed by atoms with Gasteiger partial charge in [0.1, 0.15) is 10.5 Å². The third-order valence-corrected chi connectivity index (χ3v) is 5.05. The van der Waals surface area contributed by atoms with Crippen molar-refractivity contribution in [1.82, 2.24) is 0 Å². The van der Waals surface area contributed by atoms with Crippen LogP contribution in [0.5, 0.6) is 0 Å². The van der Waals surface area contributed by atoms with Gasteiger partial charge in [-0.05, 0) is 39.5 Å². The minimum atomic E-state index is -3.95. The maximum absolute atomic E-state index is 12.1. The molecule has 1 aliphatic carbocycles. The van der Waals surface area contributed by atoms with Gasteiger partial charge in [-0.3, -0.25) is 9.59 Å². The Morgan fingerprint density at radius 1 is 1.30 bits per heavy atom. The van der Waals surface area contributed by atoms with Crippen molar-refractivity contribution >= 4 is 21.8 Å². The van der Waals surface area contributed by atoms with Gasteiger partial charge in [0.15, 0.2) is 15.8 Å². The predicted molar refractivity (Wildman–Crippen MR) is 71.5 cm³/mol. The van der Waals surface area contributed by atoms with Crippen molar-refractivity contribution in [3.8, 4) is 0 Å². The number of ether oxygens (including phenoxy) is 1. The molecule has 116 valence electrons. The number of hydrogen-bond donors (Lipinski definition) is 2. The van der Waals surface area contributed by atoms with Gasteiger partial charge in [-0.15, -0.1) is 0 Å². The zero-order valence-electron chi connectivity index (χ0n) is 12.0. The molecular weight excluding hydrogens is 286 g/mol. The molecule has 0 spiro atoms. The summed E-state index contributed by atoms with van der Waals surface area (Å²) in [6.07, 6.45) is 1.82. The van der Waals surface area contributed by atoms with Crippen LogP contribution in [0.2, 0.25) is 0 Å². The molecule has 1 aliphatic rings. The van der Waals surface area contributed by atoms with E-state index in [0.29, 0.717) is 12.8 Å². The van der Waals surface area contributed by atoms with Gasteiger partial charge in [-0.2, -0.15) is 0 Å². The average Bonchev–Trinajstić information content (AvgIpc) is 2.93. The molecule has 2 atom stereocenters. The lowest BCUT2D eigenvalue weighted by Gasteiger charge is -2.33. The number of rotatable bonds is 5. The second kappa shape index (κ2) is 5.00. The van der Waals surface area contributed by atoms with Gasteiger partial charge in [0.25, 0.3) is 0 Å². The van der Waals surface area contributed by atoms with Crippen LogP contribution in [-0.4, -0.2) is 42.2 Å². The quantitative estimate of drug-likeness (QED) is 0.546. The Kier molecular flexibility index (Phi) is 4.22. The predicted octanol–water partition coefficient (Wildman–Crippen LogP) is 0.139. The molecule has 1 saturated carbocycles. The molecule has 0 bridgehead atoms. The Bertz CT molecular complexity index is 517. The van der Waals surface area contributed by atoms with Crippen molar-refractivity contribution in [3.05, 3.63) is 0 Å². The van der Waals surface area contributed by atoms with E-state index in [0.717, 1.165) is 6.26 Å². The van der Waals surface area contributed by atoms with Crippen molar-refractivity contribution in [2.75, 3.05) is 6.26 Å². The topological polar surface area (TPSA) is 124 Å². The van der Waals surface area contributed by atoms with Gasteiger partial charge in [0, 0.05) is 6.26 Å². The van der Waals surface area contributed by atoms with Gasteiger partial charge >= 0.3 is 11.9 Å². The van der Waals surface area contributed by atoms with E-state index in [1.54, 1.807) is 20.8 Å². The number of carbonyl (C=O) groups is 2. The van der Waals surface area contributed by atoms with E-state index in [4.69, 9.17) is 10.5 Å². The number of sulfone groups is 1. The fourth-order valence-electron chi connectivity index (χ4n) is 2.13. The third-order valence-electron chi connectivity index (χ3n) is 3.20. The van der Waals surface area contributed by atoms with E-state index in [2.05, 4.69) is 0 Å². The van der Waals surface area contributed by atoms with E-state index < -0.39 is 44.1 Å². The molecule has 8 heteroatoms. The van der Waals surface area contributed by atoms with Gasteiger partial charge in [-0.1, -0.05) is 0 Å². The summed E-state index contributed by atoms with van der Waals surface area (Å²) in [6.45, 7) is 4.71. The first-order valence-electron chi connectivity index (χ1n) is 6.25. The highest BCUT2D eigenvalue weighted by Gasteiger charge is 2.61. The molecule has 1 rings (SSSR count). The fourth-order valence-corrected chi connectivity index (χ4v) is 3.59. The van der Waals surface area contributed by atoms with E-state index in [-0.39, 0.29) is 0 Å². The van der Waals surface area contributed by atoms with Crippen molar-refractivity contribution in [2.24, 2.45) is 17.6 Å². The molecule has 0 radical (unpaired) electrons. The molecule has 0 saturated heterocycles. The van der Waals surface area contributed by atoms with E-state index in [1.807, 2.05) is 0 Å². The molecule has 1 fully saturated rings. The maximum Gasteiger partial charge on any atom is 0.323 e. The van der Waals surface area contributed by atoms with Gasteiger partial charge in [0.05, 0.1) is 0 Å². The monoisotopic (exact) mass is 307 g/mol. The first kappa shape index (κ1) is 16.9. The second-order valence-electron chi connectivity index (χ2n) is 6.20. The second-order valence-corrected chi connectivity index (χ2v) is 8.46. The van der Waals surface area contributed by atoms with Crippen molar-refractivity contribution in [1.29, 1.82) is 0 Å². The highest BCUT2D eigenvalue weighted by atomic mass is 32.2. The smallest absolute Gasteiger partial charge is 0.323 e. The van der Waals surface area contributed by atoms with Crippen LogP contribution >= 0.6 is 0 Å². The van der Waals surface area contributed by atoms with Crippen molar-refractivity contribution < 1.29 is 27.9 Å². The number of carboxylic acid groups (broad SMARTS) is 1. The summed E-state index contributed by atoms with van der Waals surface area (Å²) in [5, 5.41) is 9.27. The summed E-state index contributed by atoms with van der Waals surface area (Å²) < 4.78 is 28.9. The molecule has 0 aromatic rings. The van der Waals surface area contributed by atoms with Crippen LogP contribution in [0.15, 0.2) is 0 Å². The molecule has 3 N–H and O–H groups in total. The zero-order chi connectivity index (χ0) is 15.9. The van der Waals surface area contributed by atoms with Crippen LogP contribution in [-0.2, 0) is 24.2 Å². The van der Waals surface area contributed by atoms with Gasteiger partial charge in [0.2, 0.25) is 0 Å². The van der Waals surface area contributed by atoms with Crippen molar-refractivity contribution in [3.63, 3.8) is 0 Å². The average molecular weight is 307 g/mol. The van der Waals surface area contributed by atoms with Crippen LogP contribution in [0.4, 0.5) is 0 Å². The Morgan fingerprint density at radius 3 is 2.00 bits per heavy atom. The molecule has 0 heterocycles. The Labute approximate surface area is 118 Å². The molecular formula is C12H21NO6S. The standard InChI is InChI=1S/C12H21NO6S/c1-11(2,3)19-10(16)8(9(14)15)12(13,7-5-6-7)20(4,17)18/h7-8H,5-6,13H2,1-4H3,(H,14,15). The largest absolute Gasteiger partial charge is 0.481 e. The number of nitrogens with two attached hydrogens (primary N) is 1. The highest BCUT2D eigenvalue weighted by Crippen LogP contribution is 2.45. The minimum absolute atomic E-state index is 0.482. The number of carbonyl (C=O) groups excluding carboxylic acids is 1. The molecule has 2 unspecified atom stereocenters. The van der Waals surface area contributed by atoms with Crippen LogP contribution in [0.25, 0.3) is 0 Å². The molecule has 0 aliphatic heterocycles. The summed E-state index contributed by atoms with van der Waals surface area (Å²) in [5.74, 6) is -5.17. The van der Waals surface area contributed by atoms with Gasteiger partial charge in [-0.25, -0.2) is 8.42 Å². The minimum Gasteiger partial charge on any atom is -0.481 e. The van der Waals surface area contributed by atoms with Crippen LogP contribution in [0.3, 0.4) is 0 Å². The first-order chi connectivity index (χ1) is 8.80. The Hall–Kier alpha value is -1.15. The number of hydrogen-bond acceptors (Lipinski definition) is 6. The summed E-state index contributed by atoms with van der Waals surface area (Å²) in [5.41, 5.74) is 4.95. The number of esters is 1. The summed E-state index contributed by atoms with van der Waals surface area (Å²) in [4.78, 5) is 21.4. The lowest BCUT2D eigenvalue weighted by Crippen LogP contribution is -2.61. The number of aliphatic carboxylic acids is 1. The Morgan fingerprint density at radius 2 is 1.75 bits per heavy atom. The summed E-state index contributed by atoms with van der Waals surface area (Å²) in [7, 11) is -3.95. The summed E-state index contributed by atoms with van der Waals surface area (Å²) in [6, 6.07) is 0. The number of carboxylic acids is 1. The van der Waals surface area contributed by atoms with Crippen LogP contribution in [0.1, 0.15) is 33.6 Å². The van der Waals surface area contributed by atoms with Crippen LogP contribution < -0.4 is 5.73 Å². The van der Waals surface area contributed by atoms with Crippen LogP contribution in [0, 0.1) is 11.8 Å². The lowest BCUT2D eigenvalue weighted by molar-refractivity contribution is -0.168. The zero-order valence-corrected chi connectivity index (χ0v) is 12.9. The molecule has 0 amide bonds.